The van der Waals surface area contributed by atoms with Crippen LogP contribution in [0.3, 0.4) is 0 Å². The number of fused-ring (bicyclic) bond motifs is 1. The first kappa shape index (κ1) is 22.9. The molecule has 1 fully saturated rings. The normalized spacial score (nSPS) is 17.5. The van der Waals surface area contributed by atoms with Crippen molar-refractivity contribution in [3.8, 4) is 6.07 Å². The Balaban J connectivity index is 1.50. The molecule has 0 radical (unpaired) electrons. The molecule has 4 rings (SSSR count). The largest absolute Gasteiger partial charge is 0.312 e. The van der Waals surface area contributed by atoms with Crippen molar-refractivity contribution in [1.29, 1.82) is 5.26 Å². The average molecular weight is 473 g/mol. The second-order valence-corrected chi connectivity index (χ2v) is 11.3. The van der Waals surface area contributed by atoms with Crippen LogP contribution in [-0.2, 0) is 23.0 Å². The van der Waals surface area contributed by atoms with Crippen LogP contribution >= 0.6 is 11.3 Å². The molecular formula is C23H28N4O3S2. The number of carbonyl (C=O) groups is 1. The molecule has 1 aromatic carbocycles. The number of nitrogens with one attached hydrogen (secondary N) is 1. The summed E-state index contributed by atoms with van der Waals surface area (Å²) < 4.78 is 27.1. The highest BCUT2D eigenvalue weighted by Gasteiger charge is 2.27. The van der Waals surface area contributed by atoms with Gasteiger partial charge in [-0.2, -0.15) is 9.57 Å². The lowest BCUT2D eigenvalue weighted by Crippen LogP contribution is -2.35. The minimum Gasteiger partial charge on any atom is -0.312 e. The standard InChI is InChI=1S/C23H28N4O3S2/c1-2-11-26-14-10-19-20(15-24)23(31-21(19)16-26)25-22(28)17-6-8-18(9-7-17)32(29,30)27-12-4-3-5-13-27/h6-9H,2-5,10-14,16H2,1H3,(H,25,28). The number of amides is 1. The van der Waals surface area contributed by atoms with E-state index in [-0.39, 0.29) is 10.8 Å². The number of nitrogens with zero attached hydrogens (tertiary/aromatic N) is 3. The van der Waals surface area contributed by atoms with Gasteiger partial charge in [-0.25, -0.2) is 8.42 Å². The second kappa shape index (κ2) is 9.71. The summed E-state index contributed by atoms with van der Waals surface area (Å²) in [6.45, 7) is 5.99. The van der Waals surface area contributed by atoms with E-state index < -0.39 is 10.0 Å². The average Bonchev–Trinajstić information content (AvgIpc) is 3.16. The quantitative estimate of drug-likeness (QED) is 0.690. The van der Waals surface area contributed by atoms with Crippen LogP contribution in [0.4, 0.5) is 5.00 Å². The van der Waals surface area contributed by atoms with Crippen molar-refractivity contribution in [2.45, 2.75) is 50.5 Å². The van der Waals surface area contributed by atoms with Crippen LogP contribution in [-0.4, -0.2) is 49.7 Å². The fourth-order valence-corrected chi connectivity index (χ4v) is 7.13. The van der Waals surface area contributed by atoms with Crippen LogP contribution in [0.2, 0.25) is 0 Å². The van der Waals surface area contributed by atoms with Crippen molar-refractivity contribution in [2.75, 3.05) is 31.5 Å². The Hall–Kier alpha value is -2.25. The number of hydrogen-bond acceptors (Lipinski definition) is 6. The summed E-state index contributed by atoms with van der Waals surface area (Å²) in [4.78, 5) is 16.6. The van der Waals surface area contributed by atoms with Gasteiger partial charge in [0.25, 0.3) is 5.91 Å². The molecule has 2 aliphatic rings. The number of hydrogen-bond donors (Lipinski definition) is 1. The van der Waals surface area contributed by atoms with E-state index in [1.54, 1.807) is 0 Å². The number of nitriles is 1. The first-order valence-electron chi connectivity index (χ1n) is 11.1. The van der Waals surface area contributed by atoms with Crippen LogP contribution < -0.4 is 5.32 Å². The Bertz CT molecular complexity index is 1130. The molecule has 0 aliphatic carbocycles. The fourth-order valence-electron chi connectivity index (χ4n) is 4.38. The Labute approximate surface area is 193 Å². The highest BCUT2D eigenvalue weighted by atomic mass is 32.2. The molecule has 170 valence electrons. The van der Waals surface area contributed by atoms with Gasteiger partial charge in [0, 0.05) is 36.6 Å². The predicted molar refractivity (Wildman–Crippen MR) is 125 cm³/mol. The summed E-state index contributed by atoms with van der Waals surface area (Å²) >= 11 is 1.47. The van der Waals surface area contributed by atoms with Crippen molar-refractivity contribution in [1.82, 2.24) is 9.21 Å². The van der Waals surface area contributed by atoms with Crippen molar-refractivity contribution in [2.24, 2.45) is 0 Å². The van der Waals surface area contributed by atoms with Crippen LogP contribution in [0.5, 0.6) is 0 Å². The molecule has 32 heavy (non-hydrogen) atoms. The molecular weight excluding hydrogens is 444 g/mol. The first-order chi connectivity index (χ1) is 15.4. The maximum absolute atomic E-state index is 12.8. The molecule has 0 saturated carbocycles. The molecule has 9 heteroatoms. The van der Waals surface area contributed by atoms with Gasteiger partial charge in [-0.1, -0.05) is 13.3 Å². The molecule has 1 aromatic heterocycles. The highest BCUT2D eigenvalue weighted by Crippen LogP contribution is 2.37. The van der Waals surface area contributed by atoms with Gasteiger partial charge in [0.1, 0.15) is 11.1 Å². The molecule has 0 bridgehead atoms. The van der Waals surface area contributed by atoms with Gasteiger partial charge in [-0.05, 0) is 62.1 Å². The number of thiophene rings is 1. The topological polar surface area (TPSA) is 93.5 Å². The molecule has 3 heterocycles. The van der Waals surface area contributed by atoms with Crippen LogP contribution in [0.15, 0.2) is 29.2 Å². The van der Waals surface area contributed by atoms with Gasteiger partial charge in [-0.15, -0.1) is 11.3 Å². The number of anilines is 1. The lowest BCUT2D eigenvalue weighted by Gasteiger charge is -2.26. The van der Waals surface area contributed by atoms with Gasteiger partial charge in [0.05, 0.1) is 10.5 Å². The monoisotopic (exact) mass is 472 g/mol. The summed E-state index contributed by atoms with van der Waals surface area (Å²) in [5, 5.41) is 13.1. The molecule has 1 amide bonds. The summed E-state index contributed by atoms with van der Waals surface area (Å²) in [5.41, 5.74) is 1.97. The third-order valence-electron chi connectivity index (χ3n) is 6.08. The molecule has 0 unspecified atom stereocenters. The van der Waals surface area contributed by atoms with Crippen LogP contribution in [0, 0.1) is 11.3 Å². The summed E-state index contributed by atoms with van der Waals surface area (Å²) in [6.07, 6.45) is 4.70. The van der Waals surface area contributed by atoms with E-state index in [2.05, 4.69) is 23.2 Å². The lowest BCUT2D eigenvalue weighted by atomic mass is 10.0. The molecule has 2 aliphatic heterocycles. The van der Waals surface area contributed by atoms with Crippen molar-refractivity contribution < 1.29 is 13.2 Å². The zero-order chi connectivity index (χ0) is 22.7. The zero-order valence-corrected chi connectivity index (χ0v) is 19.9. The van der Waals surface area contributed by atoms with Crippen molar-refractivity contribution in [3.63, 3.8) is 0 Å². The van der Waals surface area contributed by atoms with E-state index >= 15 is 0 Å². The van der Waals surface area contributed by atoms with Crippen LogP contribution in [0.1, 0.15) is 59.0 Å². The van der Waals surface area contributed by atoms with Crippen molar-refractivity contribution in [3.05, 3.63) is 45.8 Å². The van der Waals surface area contributed by atoms with E-state index in [0.717, 1.165) is 62.2 Å². The van der Waals surface area contributed by atoms with Gasteiger partial charge in [0.15, 0.2) is 0 Å². The van der Waals surface area contributed by atoms with E-state index in [9.17, 15) is 18.5 Å². The third-order valence-corrected chi connectivity index (χ3v) is 9.13. The number of carbonyl (C=O) groups excluding carboxylic acids is 1. The first-order valence-corrected chi connectivity index (χ1v) is 13.4. The Morgan fingerprint density at radius 2 is 1.88 bits per heavy atom. The molecule has 1 saturated heterocycles. The number of rotatable bonds is 6. The highest BCUT2D eigenvalue weighted by molar-refractivity contribution is 7.89. The van der Waals surface area contributed by atoms with Gasteiger partial charge < -0.3 is 5.32 Å². The number of benzene rings is 1. The van der Waals surface area contributed by atoms with Crippen LogP contribution in [0.25, 0.3) is 0 Å². The minimum absolute atomic E-state index is 0.205. The second-order valence-electron chi connectivity index (χ2n) is 8.29. The number of piperidine rings is 1. The maximum Gasteiger partial charge on any atom is 0.256 e. The third kappa shape index (κ3) is 4.59. The molecule has 2 aromatic rings. The summed E-state index contributed by atoms with van der Waals surface area (Å²) in [7, 11) is -3.53. The Morgan fingerprint density at radius 1 is 1.16 bits per heavy atom. The SMILES string of the molecule is CCCN1CCc2c(sc(NC(=O)c3ccc(S(=O)(=O)N4CCCCC4)cc3)c2C#N)C1. The van der Waals surface area contributed by atoms with E-state index in [4.69, 9.17) is 0 Å². The molecule has 0 spiro atoms. The fraction of sp³-hybridized carbons (Fsp3) is 0.478. The zero-order valence-electron chi connectivity index (χ0n) is 18.3. The van der Waals surface area contributed by atoms with E-state index in [1.165, 1.54) is 39.9 Å². The van der Waals surface area contributed by atoms with E-state index in [1.807, 2.05) is 0 Å². The summed E-state index contributed by atoms with van der Waals surface area (Å²) in [5.74, 6) is -0.340. The Kier molecular flexibility index (Phi) is 6.96. The minimum atomic E-state index is -3.53. The lowest BCUT2D eigenvalue weighted by molar-refractivity contribution is 0.102. The number of sulfonamides is 1. The van der Waals surface area contributed by atoms with Gasteiger partial charge in [0.2, 0.25) is 10.0 Å². The van der Waals surface area contributed by atoms with E-state index in [0.29, 0.717) is 29.2 Å². The molecule has 7 nitrogen and oxygen atoms in total. The maximum atomic E-state index is 12.8. The predicted octanol–water partition coefficient (Wildman–Crippen LogP) is 3.81. The summed E-state index contributed by atoms with van der Waals surface area (Å²) in [6, 6.07) is 8.32. The van der Waals surface area contributed by atoms with Gasteiger partial charge in [-0.3, -0.25) is 9.69 Å². The van der Waals surface area contributed by atoms with Crippen molar-refractivity contribution >= 4 is 32.3 Å². The smallest absolute Gasteiger partial charge is 0.256 e. The van der Waals surface area contributed by atoms with Gasteiger partial charge >= 0.3 is 0 Å². The molecule has 0 atom stereocenters. The Morgan fingerprint density at radius 3 is 2.53 bits per heavy atom. The molecule has 1 N–H and O–H groups in total.